The van der Waals surface area contributed by atoms with Crippen molar-refractivity contribution in [1.82, 2.24) is 20.5 Å². The third-order valence-electron chi connectivity index (χ3n) is 3.67. The summed E-state index contributed by atoms with van der Waals surface area (Å²) in [6.07, 6.45) is 3.73. The Morgan fingerprint density at radius 1 is 1.43 bits per heavy atom. The van der Waals surface area contributed by atoms with Gasteiger partial charge < -0.3 is 20.6 Å². The normalized spacial score (nSPS) is 18.4. The molecule has 1 aromatic rings. The molecule has 1 atom stereocenters. The van der Waals surface area contributed by atoms with E-state index >= 15 is 0 Å². The zero-order chi connectivity index (χ0) is 15.2. The van der Waals surface area contributed by atoms with Crippen LogP contribution >= 0.6 is 0 Å². The van der Waals surface area contributed by atoms with Gasteiger partial charge in [0, 0.05) is 25.3 Å². The molecule has 1 aliphatic rings. The fourth-order valence-electron chi connectivity index (χ4n) is 2.35. The first-order valence-electron chi connectivity index (χ1n) is 6.96. The van der Waals surface area contributed by atoms with Crippen LogP contribution in [-0.4, -0.2) is 53.2 Å². The molecule has 2 rings (SSSR count). The average molecular weight is 292 g/mol. The minimum absolute atomic E-state index is 0.00697. The number of pyridine rings is 1. The van der Waals surface area contributed by atoms with Crippen LogP contribution in [0.2, 0.25) is 0 Å². The highest BCUT2D eigenvalue weighted by atomic mass is 16.4. The number of carbonyl (C=O) groups excluding carboxylic acids is 1. The Morgan fingerprint density at radius 2 is 2.24 bits per heavy atom. The molecule has 0 radical (unpaired) electrons. The van der Waals surface area contributed by atoms with Crippen LogP contribution in [0.4, 0.5) is 4.79 Å². The van der Waals surface area contributed by atoms with Gasteiger partial charge in [0.25, 0.3) is 0 Å². The summed E-state index contributed by atoms with van der Waals surface area (Å²) in [5, 5.41) is 14.3. The number of aromatic carboxylic acids is 1. The molecule has 0 spiro atoms. The number of rotatable bonds is 5. The van der Waals surface area contributed by atoms with Crippen molar-refractivity contribution < 1.29 is 14.7 Å². The molecule has 0 aromatic carbocycles. The van der Waals surface area contributed by atoms with E-state index in [1.165, 1.54) is 18.7 Å². The first-order valence-corrected chi connectivity index (χ1v) is 6.96. The summed E-state index contributed by atoms with van der Waals surface area (Å²) in [5.41, 5.74) is 0.751. The summed E-state index contributed by atoms with van der Waals surface area (Å²) in [5.74, 6) is -1.06. The highest BCUT2D eigenvalue weighted by Gasteiger charge is 2.20. The van der Waals surface area contributed by atoms with Gasteiger partial charge in [0.2, 0.25) is 0 Å². The molecular weight excluding hydrogens is 272 g/mol. The molecule has 0 aliphatic carbocycles. The molecule has 114 valence electrons. The van der Waals surface area contributed by atoms with Crippen molar-refractivity contribution in [3.05, 3.63) is 29.6 Å². The van der Waals surface area contributed by atoms with E-state index in [0.29, 0.717) is 19.1 Å². The monoisotopic (exact) mass is 292 g/mol. The summed E-state index contributed by atoms with van der Waals surface area (Å²) in [6.45, 7) is 2.04. The number of nitrogens with zero attached hydrogens (tertiary/aromatic N) is 2. The number of urea groups is 1. The predicted molar refractivity (Wildman–Crippen MR) is 77.1 cm³/mol. The maximum atomic E-state index is 11.7. The molecule has 7 nitrogen and oxygen atoms in total. The van der Waals surface area contributed by atoms with Crippen molar-refractivity contribution in [1.29, 1.82) is 0 Å². The first kappa shape index (κ1) is 15.2. The van der Waals surface area contributed by atoms with Gasteiger partial charge in [-0.1, -0.05) is 6.07 Å². The molecule has 7 heteroatoms. The smallest absolute Gasteiger partial charge is 0.354 e. The van der Waals surface area contributed by atoms with Gasteiger partial charge in [0.05, 0.1) is 0 Å². The molecule has 1 aliphatic heterocycles. The number of likely N-dealkylation sites (N-methyl/N-ethyl adjacent to an activating group) is 1. The number of likely N-dealkylation sites (tertiary alicyclic amines) is 1. The maximum Gasteiger partial charge on any atom is 0.354 e. The minimum atomic E-state index is -1.06. The zero-order valence-electron chi connectivity index (χ0n) is 12.0. The third-order valence-corrected chi connectivity index (χ3v) is 3.67. The number of nitrogens with one attached hydrogen (secondary N) is 2. The number of hydrogen-bond donors (Lipinski definition) is 3. The lowest BCUT2D eigenvalue weighted by Gasteiger charge is -2.19. The van der Waals surface area contributed by atoms with Crippen LogP contribution in [0.25, 0.3) is 0 Å². The number of carboxylic acid groups (broad SMARTS) is 1. The predicted octanol–water partition coefficient (Wildman–Crippen LogP) is 0.673. The van der Waals surface area contributed by atoms with Crippen molar-refractivity contribution in [2.75, 3.05) is 20.1 Å². The van der Waals surface area contributed by atoms with Gasteiger partial charge >= 0.3 is 12.0 Å². The van der Waals surface area contributed by atoms with E-state index in [0.717, 1.165) is 18.5 Å². The molecule has 1 aromatic heterocycles. The van der Waals surface area contributed by atoms with Crippen LogP contribution in [0.15, 0.2) is 18.3 Å². The molecule has 2 amide bonds. The average Bonchev–Trinajstić information content (AvgIpc) is 2.88. The summed E-state index contributed by atoms with van der Waals surface area (Å²) < 4.78 is 0. The molecule has 3 N–H and O–H groups in total. The summed E-state index contributed by atoms with van der Waals surface area (Å²) in [6, 6.07) is 3.25. The zero-order valence-corrected chi connectivity index (χ0v) is 12.0. The van der Waals surface area contributed by atoms with Crippen LogP contribution in [-0.2, 0) is 6.54 Å². The Hall–Kier alpha value is -2.15. The Kier molecular flexibility index (Phi) is 5.10. The molecular formula is C14H20N4O3. The fraction of sp³-hybridized carbons (Fsp3) is 0.500. The second-order valence-electron chi connectivity index (χ2n) is 5.20. The molecule has 1 unspecified atom stereocenters. The van der Waals surface area contributed by atoms with E-state index in [1.807, 2.05) is 0 Å². The van der Waals surface area contributed by atoms with Crippen LogP contribution in [0.1, 0.15) is 28.9 Å². The Bertz CT molecular complexity index is 503. The molecule has 0 bridgehead atoms. The Morgan fingerprint density at radius 3 is 2.81 bits per heavy atom. The third kappa shape index (κ3) is 4.42. The Labute approximate surface area is 123 Å². The van der Waals surface area contributed by atoms with Crippen molar-refractivity contribution in [2.24, 2.45) is 0 Å². The van der Waals surface area contributed by atoms with Crippen molar-refractivity contribution in [3.8, 4) is 0 Å². The highest BCUT2D eigenvalue weighted by molar-refractivity contribution is 5.85. The second-order valence-corrected chi connectivity index (χ2v) is 5.20. The highest BCUT2D eigenvalue weighted by Crippen LogP contribution is 2.13. The van der Waals surface area contributed by atoms with E-state index in [4.69, 9.17) is 5.11 Å². The molecule has 1 saturated heterocycles. The van der Waals surface area contributed by atoms with Crippen molar-refractivity contribution >= 4 is 12.0 Å². The van der Waals surface area contributed by atoms with E-state index in [1.54, 1.807) is 6.07 Å². The van der Waals surface area contributed by atoms with Gasteiger partial charge in [-0.3, -0.25) is 0 Å². The number of carboxylic acids is 1. The largest absolute Gasteiger partial charge is 0.477 e. The van der Waals surface area contributed by atoms with E-state index < -0.39 is 5.97 Å². The lowest BCUT2D eigenvalue weighted by molar-refractivity contribution is 0.0690. The van der Waals surface area contributed by atoms with Gasteiger partial charge in [-0.05, 0) is 38.1 Å². The lowest BCUT2D eigenvalue weighted by Crippen LogP contribution is -2.42. The molecule has 21 heavy (non-hydrogen) atoms. The van der Waals surface area contributed by atoms with Gasteiger partial charge in [-0.2, -0.15) is 0 Å². The number of amides is 2. The molecule has 0 saturated carbocycles. The van der Waals surface area contributed by atoms with Crippen molar-refractivity contribution in [2.45, 2.75) is 25.4 Å². The van der Waals surface area contributed by atoms with Gasteiger partial charge in [0.1, 0.15) is 5.69 Å². The lowest BCUT2D eigenvalue weighted by atomic mass is 10.2. The minimum Gasteiger partial charge on any atom is -0.477 e. The maximum absolute atomic E-state index is 11.7. The standard InChI is InChI=1S/C14H20N4O3/c1-18-6-2-3-11(18)9-17-14(21)16-8-10-4-5-12(13(19)20)15-7-10/h4-5,7,11H,2-3,6,8-9H2,1H3,(H,19,20)(H2,16,17,21). The number of hydrogen-bond acceptors (Lipinski definition) is 4. The molecule has 1 fully saturated rings. The molecule has 2 heterocycles. The number of carbonyl (C=O) groups is 2. The topological polar surface area (TPSA) is 94.6 Å². The van der Waals surface area contributed by atoms with Gasteiger partial charge in [0.15, 0.2) is 0 Å². The van der Waals surface area contributed by atoms with E-state index in [-0.39, 0.29) is 11.7 Å². The number of aromatic nitrogens is 1. The van der Waals surface area contributed by atoms with Gasteiger partial charge in [-0.25, -0.2) is 14.6 Å². The van der Waals surface area contributed by atoms with Crippen LogP contribution in [0.5, 0.6) is 0 Å². The summed E-state index contributed by atoms with van der Waals surface area (Å²) >= 11 is 0. The van der Waals surface area contributed by atoms with Crippen LogP contribution in [0, 0.1) is 0 Å². The van der Waals surface area contributed by atoms with E-state index in [2.05, 4.69) is 27.6 Å². The quantitative estimate of drug-likeness (QED) is 0.741. The SMILES string of the molecule is CN1CCCC1CNC(=O)NCc1ccc(C(=O)O)nc1. The second kappa shape index (κ2) is 7.03. The summed E-state index contributed by atoms with van der Waals surface area (Å²) in [7, 11) is 2.06. The van der Waals surface area contributed by atoms with Crippen LogP contribution < -0.4 is 10.6 Å². The van der Waals surface area contributed by atoms with E-state index in [9.17, 15) is 9.59 Å². The van der Waals surface area contributed by atoms with Gasteiger partial charge in [-0.15, -0.1) is 0 Å². The summed E-state index contributed by atoms with van der Waals surface area (Å²) in [4.78, 5) is 28.4. The van der Waals surface area contributed by atoms with Crippen molar-refractivity contribution in [3.63, 3.8) is 0 Å². The first-order chi connectivity index (χ1) is 10.1. The Balaban J connectivity index is 1.72. The fourth-order valence-corrected chi connectivity index (χ4v) is 2.35. The van der Waals surface area contributed by atoms with Crippen LogP contribution in [0.3, 0.4) is 0 Å².